The molecule has 2 rings (SSSR count). The average molecular weight is 456 g/mol. The van der Waals surface area contributed by atoms with E-state index in [1.165, 1.54) is 0 Å². The van der Waals surface area contributed by atoms with E-state index in [1.54, 1.807) is 39.3 Å². The molecule has 0 saturated carbocycles. The molecule has 8 nitrogen and oxygen atoms in total. The highest BCUT2D eigenvalue weighted by molar-refractivity contribution is 7.18. The monoisotopic (exact) mass is 455 g/mol. The summed E-state index contributed by atoms with van der Waals surface area (Å²) in [6, 6.07) is 0. The maximum Gasteiger partial charge on any atom is 0.348 e. The van der Waals surface area contributed by atoms with Gasteiger partial charge in [-0.25, -0.2) is 9.59 Å². The Kier molecular flexibility index (Phi) is 8.03. The van der Waals surface area contributed by atoms with Crippen LogP contribution in [-0.2, 0) is 20.8 Å². The van der Waals surface area contributed by atoms with E-state index >= 15 is 0 Å². The second kappa shape index (κ2) is 10.1. The summed E-state index contributed by atoms with van der Waals surface area (Å²) in [6.07, 6.45) is -0.231. The summed E-state index contributed by atoms with van der Waals surface area (Å²) in [6.45, 7) is 10.9. The lowest BCUT2D eigenvalue weighted by atomic mass is 10.1. The maximum absolute atomic E-state index is 12.6. The first-order valence-corrected chi connectivity index (χ1v) is 10.8. The van der Waals surface area contributed by atoms with Crippen molar-refractivity contribution >= 4 is 45.8 Å². The number of hydrogen-bond donors (Lipinski definition) is 1. The van der Waals surface area contributed by atoms with Gasteiger partial charge >= 0.3 is 11.9 Å². The number of aryl methyl sites for hydroxylation is 2. The van der Waals surface area contributed by atoms with Crippen LogP contribution in [0.5, 0.6) is 0 Å². The van der Waals surface area contributed by atoms with E-state index in [0.29, 0.717) is 22.8 Å². The van der Waals surface area contributed by atoms with Gasteiger partial charge in [-0.3, -0.25) is 9.48 Å². The molecule has 0 spiro atoms. The lowest BCUT2D eigenvalue weighted by molar-refractivity contribution is -0.116. The molecule has 164 valence electrons. The SMILES string of the molecule is CCOC(=O)c1sc(NC(=O)CCn2nc(C)c(Cl)c2C)c(C(=O)OC(C)C)c1C. The zero-order valence-electron chi connectivity index (χ0n) is 17.9. The Morgan fingerprint density at radius 2 is 1.87 bits per heavy atom. The number of anilines is 1. The first kappa shape index (κ1) is 23.9. The number of carbonyl (C=O) groups is 3. The fraction of sp³-hybridized carbons (Fsp3) is 0.500. The average Bonchev–Trinajstić information content (AvgIpc) is 3.10. The third kappa shape index (κ3) is 5.40. The van der Waals surface area contributed by atoms with Crippen molar-refractivity contribution in [2.45, 2.75) is 60.6 Å². The zero-order chi connectivity index (χ0) is 22.6. The number of rotatable bonds is 8. The van der Waals surface area contributed by atoms with Crippen molar-refractivity contribution in [3.05, 3.63) is 32.4 Å². The van der Waals surface area contributed by atoms with Gasteiger partial charge < -0.3 is 14.8 Å². The Labute approximate surface area is 184 Å². The van der Waals surface area contributed by atoms with Crippen LogP contribution >= 0.6 is 22.9 Å². The van der Waals surface area contributed by atoms with Crippen LogP contribution in [0.25, 0.3) is 0 Å². The van der Waals surface area contributed by atoms with Gasteiger partial charge in [-0.05, 0) is 47.1 Å². The minimum Gasteiger partial charge on any atom is -0.462 e. The lowest BCUT2D eigenvalue weighted by Crippen LogP contribution is -2.18. The molecule has 0 aliphatic heterocycles. The van der Waals surface area contributed by atoms with Crippen molar-refractivity contribution in [1.29, 1.82) is 0 Å². The number of esters is 2. The molecule has 0 aliphatic rings. The van der Waals surface area contributed by atoms with Crippen molar-refractivity contribution in [1.82, 2.24) is 9.78 Å². The summed E-state index contributed by atoms with van der Waals surface area (Å²) in [4.78, 5) is 37.6. The molecular weight excluding hydrogens is 430 g/mol. The van der Waals surface area contributed by atoms with Crippen molar-refractivity contribution in [2.75, 3.05) is 11.9 Å². The molecule has 2 aromatic heterocycles. The van der Waals surface area contributed by atoms with Crippen LogP contribution in [0.2, 0.25) is 5.02 Å². The first-order valence-electron chi connectivity index (χ1n) is 9.57. The highest BCUT2D eigenvalue weighted by atomic mass is 35.5. The topological polar surface area (TPSA) is 99.5 Å². The van der Waals surface area contributed by atoms with Gasteiger partial charge in [0.1, 0.15) is 9.88 Å². The fourth-order valence-electron chi connectivity index (χ4n) is 2.80. The summed E-state index contributed by atoms with van der Waals surface area (Å²) >= 11 is 7.14. The van der Waals surface area contributed by atoms with Crippen molar-refractivity contribution in [3.8, 4) is 0 Å². The van der Waals surface area contributed by atoms with Gasteiger partial charge in [0, 0.05) is 6.42 Å². The van der Waals surface area contributed by atoms with Crippen LogP contribution in [0.4, 0.5) is 5.00 Å². The molecule has 1 N–H and O–H groups in total. The molecular formula is C20H26ClN3O5S. The second-order valence-electron chi connectivity index (χ2n) is 6.94. The largest absolute Gasteiger partial charge is 0.462 e. The zero-order valence-corrected chi connectivity index (χ0v) is 19.5. The highest BCUT2D eigenvalue weighted by Gasteiger charge is 2.28. The maximum atomic E-state index is 12.6. The summed E-state index contributed by atoms with van der Waals surface area (Å²) in [5.41, 5.74) is 2.06. The molecule has 0 unspecified atom stereocenters. The second-order valence-corrected chi connectivity index (χ2v) is 8.34. The minimum atomic E-state index is -0.602. The third-order valence-corrected chi connectivity index (χ3v) is 5.99. The quantitative estimate of drug-likeness (QED) is 0.596. The molecule has 0 saturated heterocycles. The Morgan fingerprint density at radius 1 is 1.20 bits per heavy atom. The molecule has 10 heteroatoms. The number of carbonyl (C=O) groups excluding carboxylic acids is 3. The van der Waals surface area contributed by atoms with Gasteiger partial charge in [-0.1, -0.05) is 11.6 Å². The number of thiophene rings is 1. The van der Waals surface area contributed by atoms with Gasteiger partial charge in [0.25, 0.3) is 0 Å². The number of hydrogen-bond acceptors (Lipinski definition) is 7. The molecule has 1 amide bonds. The number of nitrogens with one attached hydrogen (secondary N) is 1. The van der Waals surface area contributed by atoms with Crippen LogP contribution in [-0.4, -0.2) is 40.3 Å². The van der Waals surface area contributed by atoms with Gasteiger partial charge in [-0.15, -0.1) is 11.3 Å². The van der Waals surface area contributed by atoms with Crippen LogP contribution < -0.4 is 5.32 Å². The Balaban J connectivity index is 2.24. The number of nitrogens with zero attached hydrogens (tertiary/aromatic N) is 2. The molecule has 2 aromatic rings. The van der Waals surface area contributed by atoms with E-state index in [2.05, 4.69) is 10.4 Å². The van der Waals surface area contributed by atoms with Gasteiger partial charge in [0.05, 0.1) is 41.2 Å². The summed E-state index contributed by atoms with van der Waals surface area (Å²) in [5.74, 6) is -1.47. The molecule has 2 heterocycles. The van der Waals surface area contributed by atoms with E-state index in [-0.39, 0.29) is 40.5 Å². The van der Waals surface area contributed by atoms with E-state index < -0.39 is 11.9 Å². The van der Waals surface area contributed by atoms with Gasteiger partial charge in [0.15, 0.2) is 0 Å². The predicted molar refractivity (Wildman–Crippen MR) is 116 cm³/mol. The molecule has 0 aromatic carbocycles. The Hall–Kier alpha value is -2.39. The number of amides is 1. The molecule has 0 atom stereocenters. The molecule has 30 heavy (non-hydrogen) atoms. The third-order valence-electron chi connectivity index (χ3n) is 4.25. The number of aromatic nitrogens is 2. The van der Waals surface area contributed by atoms with Gasteiger partial charge in [0.2, 0.25) is 5.91 Å². The predicted octanol–water partition coefficient (Wildman–Crippen LogP) is 4.29. The van der Waals surface area contributed by atoms with Crippen LogP contribution in [0.1, 0.15) is 64.2 Å². The molecule has 0 fully saturated rings. The fourth-order valence-corrected chi connectivity index (χ4v) is 4.04. The molecule has 0 radical (unpaired) electrons. The number of ether oxygens (including phenoxy) is 2. The van der Waals surface area contributed by atoms with Crippen molar-refractivity contribution in [3.63, 3.8) is 0 Å². The molecule has 0 aliphatic carbocycles. The van der Waals surface area contributed by atoms with Gasteiger partial charge in [-0.2, -0.15) is 5.10 Å². The van der Waals surface area contributed by atoms with E-state index in [4.69, 9.17) is 21.1 Å². The summed E-state index contributed by atoms with van der Waals surface area (Å²) < 4.78 is 12.0. The first-order chi connectivity index (χ1) is 14.1. The summed E-state index contributed by atoms with van der Waals surface area (Å²) in [7, 11) is 0. The van der Waals surface area contributed by atoms with E-state index in [1.807, 2.05) is 6.92 Å². The number of halogens is 1. The molecule has 0 bridgehead atoms. The smallest absolute Gasteiger partial charge is 0.348 e. The normalized spacial score (nSPS) is 10.9. The van der Waals surface area contributed by atoms with Crippen LogP contribution in [0.15, 0.2) is 0 Å². The summed E-state index contributed by atoms with van der Waals surface area (Å²) in [5, 5.41) is 7.87. The van der Waals surface area contributed by atoms with E-state index in [0.717, 1.165) is 17.0 Å². The van der Waals surface area contributed by atoms with Crippen molar-refractivity contribution in [2.24, 2.45) is 0 Å². The standard InChI is InChI=1S/C20H26ClN3O5S/c1-7-28-20(27)17-11(4)15(19(26)29-10(2)3)18(30-17)22-14(25)8-9-24-13(6)16(21)12(5)23-24/h10H,7-9H2,1-6H3,(H,22,25). The lowest BCUT2D eigenvalue weighted by Gasteiger charge is -2.10. The van der Waals surface area contributed by atoms with Crippen LogP contribution in [0.3, 0.4) is 0 Å². The Bertz CT molecular complexity index is 964. The van der Waals surface area contributed by atoms with Crippen molar-refractivity contribution < 1.29 is 23.9 Å². The van der Waals surface area contributed by atoms with E-state index in [9.17, 15) is 14.4 Å². The Morgan fingerprint density at radius 3 is 2.40 bits per heavy atom. The van der Waals surface area contributed by atoms with Crippen LogP contribution in [0, 0.1) is 20.8 Å². The minimum absolute atomic E-state index is 0.114. The highest BCUT2D eigenvalue weighted by Crippen LogP contribution is 2.34.